The molecule has 20 heavy (non-hydrogen) atoms. The lowest BCUT2D eigenvalue weighted by molar-refractivity contribution is 0.419. The average molecular weight is 284 g/mol. The van der Waals surface area contributed by atoms with E-state index in [9.17, 15) is 0 Å². The van der Waals surface area contributed by atoms with Crippen LogP contribution >= 0.6 is 11.3 Å². The van der Waals surface area contributed by atoms with Crippen LogP contribution in [0.2, 0.25) is 0 Å². The minimum atomic E-state index is -0.204. The molecule has 4 heteroatoms. The highest BCUT2D eigenvalue weighted by molar-refractivity contribution is 7.09. The molecule has 3 rings (SSSR count). The summed E-state index contributed by atoms with van der Waals surface area (Å²) in [6.45, 7) is 1.98. The van der Waals surface area contributed by atoms with Gasteiger partial charge >= 0.3 is 0 Å². The molecule has 1 aromatic heterocycles. The SMILES string of the molecule is COc1ccc(C(N)c2nc(C)cs2)c2ccccc12. The number of rotatable bonds is 3. The predicted molar refractivity (Wildman–Crippen MR) is 83.4 cm³/mol. The Kier molecular flexibility index (Phi) is 3.42. The summed E-state index contributed by atoms with van der Waals surface area (Å²) in [6, 6.07) is 12.0. The second-order valence-corrected chi connectivity index (χ2v) is 5.60. The van der Waals surface area contributed by atoms with Gasteiger partial charge in [-0.05, 0) is 23.9 Å². The van der Waals surface area contributed by atoms with Crippen LogP contribution in [0.25, 0.3) is 10.8 Å². The summed E-state index contributed by atoms with van der Waals surface area (Å²) < 4.78 is 5.42. The van der Waals surface area contributed by atoms with Crippen molar-refractivity contribution in [1.29, 1.82) is 0 Å². The van der Waals surface area contributed by atoms with Crippen LogP contribution in [-0.2, 0) is 0 Å². The highest BCUT2D eigenvalue weighted by Crippen LogP contribution is 2.33. The molecule has 0 aliphatic carbocycles. The molecule has 0 aliphatic heterocycles. The Morgan fingerprint density at radius 3 is 2.55 bits per heavy atom. The first-order valence-corrected chi connectivity index (χ1v) is 7.32. The molecular formula is C16H16N2OS. The van der Waals surface area contributed by atoms with Crippen molar-refractivity contribution in [1.82, 2.24) is 4.98 Å². The summed E-state index contributed by atoms with van der Waals surface area (Å²) in [6.07, 6.45) is 0. The van der Waals surface area contributed by atoms with Gasteiger partial charge in [0.25, 0.3) is 0 Å². The molecule has 1 atom stereocenters. The number of hydrogen-bond acceptors (Lipinski definition) is 4. The fourth-order valence-electron chi connectivity index (χ4n) is 2.39. The van der Waals surface area contributed by atoms with Gasteiger partial charge in [0.15, 0.2) is 0 Å². The Bertz CT molecular complexity index is 751. The van der Waals surface area contributed by atoms with Crippen molar-refractivity contribution in [3.63, 3.8) is 0 Å². The fourth-order valence-corrected chi connectivity index (χ4v) is 3.21. The Hall–Kier alpha value is -1.91. The van der Waals surface area contributed by atoms with Gasteiger partial charge in [0, 0.05) is 16.5 Å². The number of aromatic nitrogens is 1. The van der Waals surface area contributed by atoms with Crippen LogP contribution in [0.3, 0.4) is 0 Å². The Morgan fingerprint density at radius 2 is 1.90 bits per heavy atom. The van der Waals surface area contributed by atoms with E-state index in [1.807, 2.05) is 36.6 Å². The molecule has 3 nitrogen and oxygen atoms in total. The fraction of sp³-hybridized carbons (Fsp3) is 0.188. The van der Waals surface area contributed by atoms with E-state index in [0.717, 1.165) is 32.8 Å². The lowest BCUT2D eigenvalue weighted by Crippen LogP contribution is -2.12. The van der Waals surface area contributed by atoms with E-state index in [1.165, 1.54) is 0 Å². The Balaban J connectivity index is 2.17. The monoisotopic (exact) mass is 284 g/mol. The van der Waals surface area contributed by atoms with Crippen LogP contribution < -0.4 is 10.5 Å². The van der Waals surface area contributed by atoms with Crippen LogP contribution in [0.5, 0.6) is 5.75 Å². The number of methoxy groups -OCH3 is 1. The largest absolute Gasteiger partial charge is 0.496 e. The molecule has 0 amide bonds. The van der Waals surface area contributed by atoms with Crippen LogP contribution in [0.1, 0.15) is 22.3 Å². The number of aryl methyl sites for hydroxylation is 1. The normalized spacial score (nSPS) is 12.6. The van der Waals surface area contributed by atoms with Crippen molar-refractivity contribution in [2.75, 3.05) is 7.11 Å². The number of thiazole rings is 1. The second kappa shape index (κ2) is 5.23. The molecule has 0 radical (unpaired) electrons. The van der Waals surface area contributed by atoms with Gasteiger partial charge in [0.1, 0.15) is 10.8 Å². The lowest BCUT2D eigenvalue weighted by atomic mass is 9.99. The number of hydrogen-bond donors (Lipinski definition) is 1. The van der Waals surface area contributed by atoms with Gasteiger partial charge in [-0.2, -0.15) is 0 Å². The van der Waals surface area contributed by atoms with Gasteiger partial charge in [-0.25, -0.2) is 4.98 Å². The first kappa shape index (κ1) is 13.1. The zero-order valence-electron chi connectivity index (χ0n) is 11.5. The first-order valence-electron chi connectivity index (χ1n) is 6.44. The summed E-state index contributed by atoms with van der Waals surface area (Å²) >= 11 is 1.60. The number of nitrogens with two attached hydrogens (primary N) is 1. The zero-order valence-corrected chi connectivity index (χ0v) is 12.3. The van der Waals surface area contributed by atoms with Crippen LogP contribution in [-0.4, -0.2) is 12.1 Å². The molecule has 0 bridgehead atoms. The standard InChI is InChI=1S/C16H16N2OS/c1-10-9-20-16(18-10)15(17)13-7-8-14(19-2)12-6-4-3-5-11(12)13/h3-9,15H,17H2,1-2H3. The lowest BCUT2D eigenvalue weighted by Gasteiger charge is -2.14. The topological polar surface area (TPSA) is 48.1 Å². The minimum absolute atomic E-state index is 0.204. The summed E-state index contributed by atoms with van der Waals surface area (Å²) in [5.74, 6) is 0.867. The second-order valence-electron chi connectivity index (χ2n) is 4.71. The zero-order chi connectivity index (χ0) is 14.1. The maximum Gasteiger partial charge on any atom is 0.126 e. The van der Waals surface area contributed by atoms with E-state index in [0.29, 0.717) is 0 Å². The quantitative estimate of drug-likeness (QED) is 0.798. The molecule has 3 aromatic rings. The summed E-state index contributed by atoms with van der Waals surface area (Å²) in [7, 11) is 1.69. The number of nitrogens with zero attached hydrogens (tertiary/aromatic N) is 1. The van der Waals surface area contributed by atoms with Crippen molar-refractivity contribution in [3.05, 3.63) is 58.0 Å². The summed E-state index contributed by atoms with van der Waals surface area (Å²) in [4.78, 5) is 4.50. The van der Waals surface area contributed by atoms with Gasteiger partial charge in [-0.1, -0.05) is 30.3 Å². The van der Waals surface area contributed by atoms with E-state index >= 15 is 0 Å². The Morgan fingerprint density at radius 1 is 1.15 bits per heavy atom. The highest BCUT2D eigenvalue weighted by atomic mass is 32.1. The minimum Gasteiger partial charge on any atom is -0.496 e. The van der Waals surface area contributed by atoms with E-state index in [1.54, 1.807) is 18.4 Å². The molecule has 2 N–H and O–H groups in total. The predicted octanol–water partition coefficient (Wildman–Crippen LogP) is 3.66. The third-order valence-corrected chi connectivity index (χ3v) is 4.42. The molecule has 2 aromatic carbocycles. The molecular weight excluding hydrogens is 268 g/mol. The number of ether oxygens (including phenoxy) is 1. The Labute approximate surface area is 122 Å². The van der Waals surface area contributed by atoms with Crippen molar-refractivity contribution < 1.29 is 4.74 Å². The third kappa shape index (κ3) is 2.17. The van der Waals surface area contributed by atoms with Gasteiger partial charge in [0.2, 0.25) is 0 Å². The van der Waals surface area contributed by atoms with E-state index in [-0.39, 0.29) is 6.04 Å². The summed E-state index contributed by atoms with van der Waals surface area (Å²) in [5.41, 5.74) is 8.49. The highest BCUT2D eigenvalue weighted by Gasteiger charge is 2.16. The van der Waals surface area contributed by atoms with Gasteiger partial charge in [-0.3, -0.25) is 0 Å². The molecule has 0 aliphatic rings. The third-order valence-electron chi connectivity index (χ3n) is 3.38. The van der Waals surface area contributed by atoms with Crippen LogP contribution in [0.15, 0.2) is 41.8 Å². The van der Waals surface area contributed by atoms with Crippen molar-refractivity contribution in [2.24, 2.45) is 5.73 Å². The average Bonchev–Trinajstić information content (AvgIpc) is 2.92. The van der Waals surface area contributed by atoms with Crippen molar-refractivity contribution >= 4 is 22.1 Å². The van der Waals surface area contributed by atoms with E-state index in [4.69, 9.17) is 10.5 Å². The number of fused-ring (bicyclic) bond motifs is 1. The molecule has 0 saturated heterocycles. The van der Waals surface area contributed by atoms with Crippen molar-refractivity contribution in [2.45, 2.75) is 13.0 Å². The van der Waals surface area contributed by atoms with Gasteiger partial charge < -0.3 is 10.5 Å². The molecule has 0 spiro atoms. The molecule has 1 heterocycles. The van der Waals surface area contributed by atoms with E-state index in [2.05, 4.69) is 17.1 Å². The first-order chi connectivity index (χ1) is 9.70. The smallest absolute Gasteiger partial charge is 0.126 e. The molecule has 0 saturated carbocycles. The van der Waals surface area contributed by atoms with E-state index < -0.39 is 0 Å². The van der Waals surface area contributed by atoms with Gasteiger partial charge in [-0.15, -0.1) is 11.3 Å². The van der Waals surface area contributed by atoms with Crippen LogP contribution in [0.4, 0.5) is 0 Å². The van der Waals surface area contributed by atoms with Crippen LogP contribution in [0, 0.1) is 6.92 Å². The van der Waals surface area contributed by atoms with Gasteiger partial charge in [0.05, 0.1) is 13.2 Å². The maximum absolute atomic E-state index is 6.39. The molecule has 0 fully saturated rings. The molecule has 1 unspecified atom stereocenters. The molecule has 102 valence electrons. The van der Waals surface area contributed by atoms with Crippen molar-refractivity contribution in [3.8, 4) is 5.75 Å². The maximum atomic E-state index is 6.39. The number of benzene rings is 2. The summed E-state index contributed by atoms with van der Waals surface area (Å²) in [5, 5.41) is 5.17.